The molecule has 0 spiro atoms. The van der Waals surface area contributed by atoms with Crippen LogP contribution >= 0.6 is 11.3 Å². The Balaban J connectivity index is 2.39. The number of nitriles is 1. The van der Waals surface area contributed by atoms with Gasteiger partial charge in [-0.2, -0.15) is 5.26 Å². The molecular weight excluding hydrogens is 249 g/mol. The Morgan fingerprint density at radius 2 is 2.06 bits per heavy atom. The number of benzene rings is 1. The summed E-state index contributed by atoms with van der Waals surface area (Å²) in [5, 5.41) is 9.11. The second-order valence-electron chi connectivity index (χ2n) is 3.86. The van der Waals surface area contributed by atoms with Crippen molar-refractivity contribution in [1.29, 1.82) is 5.26 Å². The normalized spacial score (nSPS) is 11.8. The zero-order valence-corrected chi connectivity index (χ0v) is 10.5. The van der Waals surface area contributed by atoms with Gasteiger partial charge in [0.15, 0.2) is 5.78 Å². The molecule has 90 valence electrons. The Morgan fingerprint density at radius 1 is 1.33 bits per heavy atom. The summed E-state index contributed by atoms with van der Waals surface area (Å²) >= 11 is 1.32. The van der Waals surface area contributed by atoms with Crippen molar-refractivity contribution in [3.63, 3.8) is 0 Å². The molecule has 2 aromatic rings. The van der Waals surface area contributed by atoms with Gasteiger partial charge in [-0.1, -0.05) is 18.2 Å². The number of rotatable bonds is 3. The van der Waals surface area contributed by atoms with Gasteiger partial charge in [-0.05, 0) is 25.1 Å². The molecule has 0 aliphatic rings. The van der Waals surface area contributed by atoms with Gasteiger partial charge in [0.2, 0.25) is 0 Å². The first-order valence-corrected chi connectivity index (χ1v) is 6.20. The second kappa shape index (κ2) is 5.11. The van der Waals surface area contributed by atoms with Gasteiger partial charge in [0.05, 0.1) is 10.9 Å². The first-order valence-electron chi connectivity index (χ1n) is 5.38. The molecule has 0 N–H and O–H groups in total. The fourth-order valence-corrected chi connectivity index (χ4v) is 2.53. The summed E-state index contributed by atoms with van der Waals surface area (Å²) in [5.41, 5.74) is 0.135. The number of hydrogen-bond donors (Lipinski definition) is 0. The molecule has 0 aliphatic heterocycles. The highest BCUT2D eigenvalue weighted by molar-refractivity contribution is 7.14. The highest BCUT2D eigenvalue weighted by Gasteiger charge is 2.25. The third-order valence-corrected chi connectivity index (χ3v) is 3.61. The Hall–Kier alpha value is -1.99. The smallest absolute Gasteiger partial charge is 0.194 e. The number of hydrogen-bond acceptors (Lipinski definition) is 3. The average molecular weight is 259 g/mol. The summed E-state index contributed by atoms with van der Waals surface area (Å²) in [6.45, 7) is 1.88. The zero-order chi connectivity index (χ0) is 13.1. The van der Waals surface area contributed by atoms with Crippen LogP contribution in [-0.4, -0.2) is 5.78 Å². The predicted molar refractivity (Wildman–Crippen MR) is 68.1 cm³/mol. The molecule has 2 nitrogen and oxygen atoms in total. The average Bonchev–Trinajstić information content (AvgIpc) is 2.79. The lowest BCUT2D eigenvalue weighted by Gasteiger charge is -2.07. The number of Topliss-reactive ketones (excluding diaryl/α,β-unsaturated/α-hetero) is 1. The van der Waals surface area contributed by atoms with E-state index in [1.54, 1.807) is 12.1 Å². The predicted octanol–water partition coefficient (Wildman–Crippen LogP) is 3.69. The van der Waals surface area contributed by atoms with E-state index in [4.69, 9.17) is 5.26 Å². The molecule has 1 atom stereocenters. The minimum absolute atomic E-state index is 0.135. The maximum atomic E-state index is 13.6. The molecule has 0 saturated heterocycles. The monoisotopic (exact) mass is 259 g/mol. The largest absolute Gasteiger partial charge is 0.291 e. The molecule has 18 heavy (non-hydrogen) atoms. The Morgan fingerprint density at radius 3 is 2.61 bits per heavy atom. The van der Waals surface area contributed by atoms with E-state index in [0.29, 0.717) is 4.88 Å². The lowest BCUT2D eigenvalue weighted by Crippen LogP contribution is -2.11. The summed E-state index contributed by atoms with van der Waals surface area (Å²) in [7, 11) is 0. The SMILES string of the molecule is Cc1ccc(C(=O)C(C#N)c2ccccc2F)s1. The fraction of sp³-hybridized carbons (Fsp3) is 0.143. The fourth-order valence-electron chi connectivity index (χ4n) is 1.69. The number of nitrogens with zero attached hydrogens (tertiary/aromatic N) is 1. The van der Waals surface area contributed by atoms with Crippen molar-refractivity contribution in [2.75, 3.05) is 0 Å². The molecule has 1 aromatic carbocycles. The minimum atomic E-state index is -1.08. The Labute approximate surface area is 108 Å². The van der Waals surface area contributed by atoms with Gasteiger partial charge in [0.25, 0.3) is 0 Å². The third-order valence-electron chi connectivity index (χ3n) is 2.59. The van der Waals surface area contributed by atoms with Crippen molar-refractivity contribution < 1.29 is 9.18 Å². The third kappa shape index (κ3) is 2.31. The van der Waals surface area contributed by atoms with Crippen LogP contribution < -0.4 is 0 Å². The number of ketones is 1. The van der Waals surface area contributed by atoms with Crippen molar-refractivity contribution >= 4 is 17.1 Å². The van der Waals surface area contributed by atoms with Gasteiger partial charge in [0, 0.05) is 10.4 Å². The van der Waals surface area contributed by atoms with Gasteiger partial charge in [-0.25, -0.2) is 4.39 Å². The zero-order valence-electron chi connectivity index (χ0n) is 9.68. The summed E-state index contributed by atoms with van der Waals surface area (Å²) in [4.78, 5) is 13.6. The highest BCUT2D eigenvalue weighted by atomic mass is 32.1. The summed E-state index contributed by atoms with van der Waals surface area (Å²) < 4.78 is 13.6. The Kier molecular flexibility index (Phi) is 3.54. The van der Waals surface area contributed by atoms with Crippen LogP contribution in [0.15, 0.2) is 36.4 Å². The number of halogens is 1. The standard InChI is InChI=1S/C14H10FNOS/c1-9-6-7-13(18-9)14(17)11(8-16)10-4-2-3-5-12(10)15/h2-7,11H,1H3. The Bertz CT molecular complexity index is 627. The summed E-state index contributed by atoms with van der Waals surface area (Å²) in [6, 6.07) is 11.3. The van der Waals surface area contributed by atoms with E-state index in [1.807, 2.05) is 19.1 Å². The van der Waals surface area contributed by atoms with Crippen LogP contribution in [0.25, 0.3) is 0 Å². The minimum Gasteiger partial charge on any atom is -0.291 e. The number of carbonyl (C=O) groups excluding carboxylic acids is 1. The van der Waals surface area contributed by atoms with E-state index in [0.717, 1.165) is 4.88 Å². The molecule has 1 heterocycles. The van der Waals surface area contributed by atoms with Gasteiger partial charge in [-0.15, -0.1) is 11.3 Å². The van der Waals surface area contributed by atoms with Crippen molar-refractivity contribution in [1.82, 2.24) is 0 Å². The first kappa shape index (κ1) is 12.5. The van der Waals surface area contributed by atoms with E-state index >= 15 is 0 Å². The topological polar surface area (TPSA) is 40.9 Å². The first-order chi connectivity index (χ1) is 8.63. The lowest BCUT2D eigenvalue weighted by molar-refractivity contribution is 0.0981. The molecule has 1 unspecified atom stereocenters. The van der Waals surface area contributed by atoms with Crippen LogP contribution in [0.4, 0.5) is 4.39 Å². The summed E-state index contributed by atoms with van der Waals surface area (Å²) in [5.74, 6) is -1.95. The van der Waals surface area contributed by atoms with Gasteiger partial charge >= 0.3 is 0 Å². The van der Waals surface area contributed by atoms with E-state index in [9.17, 15) is 9.18 Å². The van der Waals surface area contributed by atoms with Crippen LogP contribution in [-0.2, 0) is 0 Å². The van der Waals surface area contributed by atoms with Crippen molar-refractivity contribution in [3.05, 3.63) is 57.5 Å². The van der Waals surface area contributed by atoms with E-state index in [2.05, 4.69) is 0 Å². The lowest BCUT2D eigenvalue weighted by atomic mass is 9.95. The van der Waals surface area contributed by atoms with Crippen molar-refractivity contribution in [2.24, 2.45) is 0 Å². The summed E-state index contributed by atoms with van der Waals surface area (Å²) in [6.07, 6.45) is 0. The molecule has 1 aromatic heterocycles. The van der Waals surface area contributed by atoms with Crippen molar-refractivity contribution in [3.8, 4) is 6.07 Å². The molecule has 0 fully saturated rings. The van der Waals surface area contributed by atoms with Crippen LogP contribution in [0.2, 0.25) is 0 Å². The van der Waals surface area contributed by atoms with Crippen LogP contribution in [0, 0.1) is 24.1 Å². The number of aryl methyl sites for hydroxylation is 1. The highest BCUT2D eigenvalue weighted by Crippen LogP contribution is 2.26. The molecule has 0 aliphatic carbocycles. The molecule has 0 radical (unpaired) electrons. The van der Waals surface area contributed by atoms with Crippen LogP contribution in [0.1, 0.15) is 26.0 Å². The van der Waals surface area contributed by atoms with Crippen LogP contribution in [0.5, 0.6) is 0 Å². The van der Waals surface area contributed by atoms with E-state index in [1.165, 1.54) is 29.5 Å². The second-order valence-corrected chi connectivity index (χ2v) is 5.15. The molecule has 0 amide bonds. The van der Waals surface area contributed by atoms with Gasteiger partial charge < -0.3 is 0 Å². The quantitative estimate of drug-likeness (QED) is 0.789. The van der Waals surface area contributed by atoms with E-state index in [-0.39, 0.29) is 11.3 Å². The maximum absolute atomic E-state index is 13.6. The molecule has 2 rings (SSSR count). The molecule has 4 heteroatoms. The maximum Gasteiger partial charge on any atom is 0.194 e. The van der Waals surface area contributed by atoms with Crippen LogP contribution in [0.3, 0.4) is 0 Å². The van der Waals surface area contributed by atoms with Gasteiger partial charge in [-0.3, -0.25) is 4.79 Å². The van der Waals surface area contributed by atoms with E-state index < -0.39 is 11.7 Å². The molecule has 0 saturated carbocycles. The number of carbonyl (C=O) groups is 1. The van der Waals surface area contributed by atoms with Crippen molar-refractivity contribution in [2.45, 2.75) is 12.8 Å². The number of thiophene rings is 1. The molecule has 0 bridgehead atoms. The van der Waals surface area contributed by atoms with Gasteiger partial charge in [0.1, 0.15) is 11.7 Å². The molecular formula is C14H10FNOS.